The number of anilines is 2. The van der Waals surface area contributed by atoms with Crippen molar-refractivity contribution in [3.05, 3.63) is 81.9 Å². The first kappa shape index (κ1) is 31.5. The highest BCUT2D eigenvalue weighted by atomic mass is 35.5. The first-order valence-corrected chi connectivity index (χ1v) is 12.6. The fourth-order valence-electron chi connectivity index (χ4n) is 4.43. The molecule has 39 heavy (non-hydrogen) atoms. The third kappa shape index (κ3) is 7.67. The summed E-state index contributed by atoms with van der Waals surface area (Å²) in [5.41, 5.74) is 5.89. The predicted molar refractivity (Wildman–Crippen MR) is 159 cm³/mol. The number of carbonyl (C=O) groups is 2. The number of carbonyl (C=O) groups excluding carboxylic acids is 1. The molecule has 2 N–H and O–H groups in total. The molecule has 0 spiro atoms. The molecule has 0 fully saturated rings. The summed E-state index contributed by atoms with van der Waals surface area (Å²) < 4.78 is 11.2. The van der Waals surface area contributed by atoms with Crippen LogP contribution in [0.3, 0.4) is 0 Å². The topological polar surface area (TPSA) is 88.1 Å². The number of benzene rings is 3. The molecule has 8 heteroatoms. The molecule has 1 aliphatic rings. The Morgan fingerprint density at radius 2 is 1.69 bits per heavy atom. The summed E-state index contributed by atoms with van der Waals surface area (Å²) in [5, 5.41) is 12.8. The minimum absolute atomic E-state index is 0. The quantitative estimate of drug-likeness (QED) is 0.257. The predicted octanol–water partition coefficient (Wildman–Crippen LogP) is 7.22. The Kier molecular flexibility index (Phi) is 11.2. The lowest BCUT2D eigenvalue weighted by atomic mass is 10.0. The van der Waals surface area contributed by atoms with Crippen LogP contribution < -0.4 is 19.7 Å². The van der Waals surface area contributed by atoms with Gasteiger partial charge in [-0.2, -0.15) is 0 Å². The highest BCUT2D eigenvalue weighted by Crippen LogP contribution is 2.35. The summed E-state index contributed by atoms with van der Waals surface area (Å²) in [6.07, 6.45) is 1.22. The van der Waals surface area contributed by atoms with Gasteiger partial charge in [0, 0.05) is 47.6 Å². The van der Waals surface area contributed by atoms with Crippen molar-refractivity contribution < 1.29 is 24.2 Å². The van der Waals surface area contributed by atoms with Crippen LogP contribution in [-0.4, -0.2) is 37.2 Å². The van der Waals surface area contributed by atoms with Crippen molar-refractivity contribution in [1.29, 1.82) is 0 Å². The molecule has 0 saturated heterocycles. The molecule has 0 saturated carbocycles. The number of halogens is 1. The van der Waals surface area contributed by atoms with Gasteiger partial charge in [0.1, 0.15) is 17.5 Å². The van der Waals surface area contributed by atoms with Crippen molar-refractivity contribution in [2.24, 2.45) is 0 Å². The Hall–Kier alpha value is -3.71. The SMILES string of the molecule is C.C.COc1cc(NC(C(=O)N2CCc3cc(C)c(C)cc32)c2ccc(Cl)cc2)cc(OCCCC(=O)O)c1. The van der Waals surface area contributed by atoms with Crippen molar-refractivity contribution in [3.63, 3.8) is 0 Å². The van der Waals surface area contributed by atoms with Gasteiger partial charge < -0.3 is 24.8 Å². The zero-order chi connectivity index (χ0) is 26.5. The van der Waals surface area contributed by atoms with E-state index < -0.39 is 12.0 Å². The number of carboxylic acid groups (broad SMARTS) is 1. The number of hydrogen-bond donors (Lipinski definition) is 2. The lowest BCUT2D eigenvalue weighted by Crippen LogP contribution is -2.37. The van der Waals surface area contributed by atoms with Gasteiger partial charge in [0.2, 0.25) is 0 Å². The normalized spacial score (nSPS) is 12.5. The van der Waals surface area contributed by atoms with Crippen LogP contribution in [0.15, 0.2) is 54.6 Å². The van der Waals surface area contributed by atoms with Crippen LogP contribution in [0.5, 0.6) is 11.5 Å². The van der Waals surface area contributed by atoms with E-state index in [1.165, 1.54) is 11.1 Å². The van der Waals surface area contributed by atoms with Gasteiger partial charge in [-0.15, -0.1) is 0 Å². The standard InChI is InChI=1S/C29H31ClN2O5.2CH4/c1-18-13-21-10-11-32(26(21)14-19(18)2)29(35)28(20-6-8-22(30)9-7-20)31-23-15-24(36-3)17-25(16-23)37-12-4-5-27(33)34;;/h6-9,13-17,28,31H,4-5,10-12H2,1-3H3,(H,33,34);2*1H4. The average Bonchev–Trinajstić information content (AvgIpc) is 3.27. The van der Waals surface area contributed by atoms with E-state index in [-0.39, 0.29) is 33.8 Å². The molecule has 3 aromatic rings. The molecule has 1 atom stereocenters. The summed E-state index contributed by atoms with van der Waals surface area (Å²) in [6, 6.07) is 16.1. The second kappa shape index (κ2) is 13.9. The van der Waals surface area contributed by atoms with E-state index in [1.807, 2.05) is 17.0 Å². The number of rotatable bonds is 10. The van der Waals surface area contributed by atoms with Crippen LogP contribution in [0.4, 0.5) is 11.4 Å². The third-order valence-electron chi connectivity index (χ3n) is 6.54. The van der Waals surface area contributed by atoms with E-state index in [4.69, 9.17) is 26.2 Å². The number of carboxylic acids is 1. The molecule has 3 aromatic carbocycles. The van der Waals surface area contributed by atoms with Crippen LogP contribution in [0.1, 0.15) is 56.0 Å². The monoisotopic (exact) mass is 554 g/mol. The number of nitrogens with zero attached hydrogens (tertiary/aromatic N) is 1. The molecule has 0 aromatic heterocycles. The van der Waals surface area contributed by atoms with Crippen LogP contribution in [0.2, 0.25) is 5.02 Å². The van der Waals surface area contributed by atoms with Gasteiger partial charge >= 0.3 is 5.97 Å². The van der Waals surface area contributed by atoms with E-state index in [0.29, 0.717) is 35.2 Å². The van der Waals surface area contributed by atoms with E-state index in [2.05, 4.69) is 31.3 Å². The highest BCUT2D eigenvalue weighted by molar-refractivity contribution is 6.30. The molecule has 1 heterocycles. The molecular formula is C31H39ClN2O5. The van der Waals surface area contributed by atoms with Crippen LogP contribution in [0, 0.1) is 13.8 Å². The van der Waals surface area contributed by atoms with Crippen LogP contribution >= 0.6 is 11.6 Å². The van der Waals surface area contributed by atoms with E-state index >= 15 is 0 Å². The number of amides is 1. The highest BCUT2D eigenvalue weighted by Gasteiger charge is 2.32. The Morgan fingerprint density at radius 1 is 1.03 bits per heavy atom. The minimum Gasteiger partial charge on any atom is -0.497 e. The van der Waals surface area contributed by atoms with E-state index in [1.54, 1.807) is 37.4 Å². The van der Waals surface area contributed by atoms with E-state index in [0.717, 1.165) is 23.2 Å². The number of nitrogens with one attached hydrogen (secondary N) is 1. The van der Waals surface area contributed by atoms with Crippen molar-refractivity contribution in [1.82, 2.24) is 0 Å². The molecule has 0 radical (unpaired) electrons. The maximum absolute atomic E-state index is 14.0. The zero-order valence-electron chi connectivity index (χ0n) is 21.2. The van der Waals surface area contributed by atoms with Gasteiger partial charge in [-0.1, -0.05) is 44.7 Å². The van der Waals surface area contributed by atoms with Crippen molar-refractivity contribution in [2.45, 2.75) is 54.0 Å². The van der Waals surface area contributed by atoms with Crippen LogP contribution in [0.25, 0.3) is 0 Å². The first-order valence-electron chi connectivity index (χ1n) is 12.2. The van der Waals surface area contributed by atoms with Gasteiger partial charge in [0.05, 0.1) is 13.7 Å². The molecule has 210 valence electrons. The first-order chi connectivity index (χ1) is 17.7. The van der Waals surface area contributed by atoms with Gasteiger partial charge in [0.15, 0.2) is 0 Å². The number of fused-ring (bicyclic) bond motifs is 1. The summed E-state index contributed by atoms with van der Waals surface area (Å²) in [7, 11) is 1.56. The van der Waals surface area contributed by atoms with Crippen molar-refractivity contribution in [3.8, 4) is 11.5 Å². The summed E-state index contributed by atoms with van der Waals surface area (Å²) in [5.74, 6) is 0.135. The largest absolute Gasteiger partial charge is 0.497 e. The lowest BCUT2D eigenvalue weighted by molar-refractivity contribution is -0.137. The fraction of sp³-hybridized carbons (Fsp3) is 0.355. The number of hydrogen-bond acceptors (Lipinski definition) is 5. The molecule has 4 rings (SSSR count). The maximum Gasteiger partial charge on any atom is 0.303 e. The molecular weight excluding hydrogens is 516 g/mol. The number of aliphatic carboxylic acids is 1. The van der Waals surface area contributed by atoms with E-state index in [9.17, 15) is 9.59 Å². The van der Waals surface area contributed by atoms with Gasteiger partial charge in [-0.25, -0.2) is 0 Å². The second-order valence-electron chi connectivity index (χ2n) is 9.18. The summed E-state index contributed by atoms with van der Waals surface area (Å²) in [4.78, 5) is 26.7. The molecule has 0 aliphatic carbocycles. The van der Waals surface area contributed by atoms with Gasteiger partial charge in [-0.3, -0.25) is 9.59 Å². The average molecular weight is 555 g/mol. The number of ether oxygens (including phenoxy) is 2. The Labute approximate surface area is 236 Å². The molecule has 0 bridgehead atoms. The number of methoxy groups -OCH3 is 1. The summed E-state index contributed by atoms with van der Waals surface area (Å²) in [6.45, 7) is 5.00. The lowest BCUT2D eigenvalue weighted by Gasteiger charge is -2.27. The minimum atomic E-state index is -0.866. The van der Waals surface area contributed by atoms with Gasteiger partial charge in [-0.05, 0) is 67.1 Å². The Balaban J connectivity index is 0.00000267. The maximum atomic E-state index is 14.0. The van der Waals surface area contributed by atoms with Crippen molar-refractivity contribution >= 4 is 34.9 Å². The van der Waals surface area contributed by atoms with Crippen LogP contribution in [-0.2, 0) is 16.0 Å². The van der Waals surface area contributed by atoms with Gasteiger partial charge in [0.25, 0.3) is 5.91 Å². The second-order valence-corrected chi connectivity index (χ2v) is 9.61. The molecule has 1 unspecified atom stereocenters. The third-order valence-corrected chi connectivity index (χ3v) is 6.79. The Bertz CT molecular complexity index is 1290. The fourth-order valence-corrected chi connectivity index (χ4v) is 4.55. The van der Waals surface area contributed by atoms with Crippen molar-refractivity contribution in [2.75, 3.05) is 30.5 Å². The zero-order valence-corrected chi connectivity index (χ0v) is 22.0. The molecule has 1 aliphatic heterocycles. The Morgan fingerprint density at radius 3 is 2.36 bits per heavy atom. The summed E-state index contributed by atoms with van der Waals surface area (Å²) >= 11 is 6.14. The molecule has 7 nitrogen and oxygen atoms in total. The molecule has 1 amide bonds. The number of aryl methyl sites for hydroxylation is 2. The smallest absolute Gasteiger partial charge is 0.303 e.